The molecule has 0 aliphatic rings. The van der Waals surface area contributed by atoms with Gasteiger partial charge < -0.3 is 5.32 Å². The van der Waals surface area contributed by atoms with E-state index in [2.05, 4.69) is 53.8 Å². The number of nitrogens with one attached hydrogen (secondary N) is 1. The van der Waals surface area contributed by atoms with Gasteiger partial charge in [0.1, 0.15) is 0 Å². The second-order valence-electron chi connectivity index (χ2n) is 4.06. The molecule has 1 unspecified atom stereocenters. The molecule has 0 saturated carbocycles. The van der Waals surface area contributed by atoms with E-state index in [1.54, 1.807) is 0 Å². The van der Waals surface area contributed by atoms with E-state index >= 15 is 0 Å². The number of rotatable bonds is 6. The SMILES string of the molecule is C=CCC(C)NC(c1cccs1)c1cccs1. The maximum Gasteiger partial charge on any atom is 0.0767 e. The van der Waals surface area contributed by atoms with E-state index in [4.69, 9.17) is 0 Å². The van der Waals surface area contributed by atoms with E-state index in [0.717, 1.165) is 6.42 Å². The molecule has 0 aliphatic carbocycles. The monoisotopic (exact) mass is 263 g/mol. The maximum atomic E-state index is 3.80. The van der Waals surface area contributed by atoms with E-state index in [0.29, 0.717) is 12.1 Å². The molecular formula is C14H17NS2. The van der Waals surface area contributed by atoms with Crippen molar-refractivity contribution < 1.29 is 0 Å². The van der Waals surface area contributed by atoms with Crippen LogP contribution in [-0.4, -0.2) is 6.04 Å². The summed E-state index contributed by atoms with van der Waals surface area (Å²) in [6.07, 6.45) is 2.96. The van der Waals surface area contributed by atoms with Crippen molar-refractivity contribution in [3.8, 4) is 0 Å². The molecule has 1 N–H and O–H groups in total. The molecule has 1 nitrogen and oxygen atoms in total. The van der Waals surface area contributed by atoms with Gasteiger partial charge in [0.15, 0.2) is 0 Å². The van der Waals surface area contributed by atoms with Crippen molar-refractivity contribution in [3.05, 3.63) is 57.4 Å². The second kappa shape index (κ2) is 6.15. The Morgan fingerprint density at radius 2 is 1.82 bits per heavy atom. The Balaban J connectivity index is 2.17. The zero-order chi connectivity index (χ0) is 12.1. The van der Waals surface area contributed by atoms with Gasteiger partial charge in [-0.1, -0.05) is 18.2 Å². The molecule has 0 spiro atoms. The number of hydrogen-bond donors (Lipinski definition) is 1. The average Bonchev–Trinajstić information content (AvgIpc) is 3.00. The molecule has 0 bridgehead atoms. The van der Waals surface area contributed by atoms with Crippen LogP contribution in [0.15, 0.2) is 47.7 Å². The molecule has 0 saturated heterocycles. The van der Waals surface area contributed by atoms with Crippen LogP contribution in [0.3, 0.4) is 0 Å². The summed E-state index contributed by atoms with van der Waals surface area (Å²) in [6, 6.07) is 9.39. The van der Waals surface area contributed by atoms with Crippen LogP contribution in [0, 0.1) is 0 Å². The fourth-order valence-corrected chi connectivity index (χ4v) is 3.50. The van der Waals surface area contributed by atoms with E-state index in [-0.39, 0.29) is 0 Å². The Morgan fingerprint density at radius 1 is 1.24 bits per heavy atom. The van der Waals surface area contributed by atoms with Crippen molar-refractivity contribution in [1.29, 1.82) is 0 Å². The first-order valence-corrected chi connectivity index (χ1v) is 7.51. The third-order valence-electron chi connectivity index (χ3n) is 2.63. The smallest absolute Gasteiger partial charge is 0.0767 e. The lowest BCUT2D eigenvalue weighted by molar-refractivity contribution is 0.511. The Labute approximate surface area is 111 Å². The maximum absolute atomic E-state index is 3.80. The van der Waals surface area contributed by atoms with Crippen LogP contribution in [0.25, 0.3) is 0 Å². The first-order chi connectivity index (χ1) is 8.31. The fourth-order valence-electron chi connectivity index (χ4n) is 1.82. The standard InChI is InChI=1S/C14H17NS2/c1-3-6-11(2)15-14(12-7-4-9-16-12)13-8-5-10-17-13/h3-5,7-11,14-15H,1,6H2,2H3. The molecule has 0 radical (unpaired) electrons. The van der Waals surface area contributed by atoms with Gasteiger partial charge >= 0.3 is 0 Å². The van der Waals surface area contributed by atoms with Crippen LogP contribution >= 0.6 is 22.7 Å². The van der Waals surface area contributed by atoms with Gasteiger partial charge in [-0.25, -0.2) is 0 Å². The van der Waals surface area contributed by atoms with Crippen molar-refractivity contribution in [3.63, 3.8) is 0 Å². The predicted molar refractivity (Wildman–Crippen MR) is 77.9 cm³/mol. The highest BCUT2D eigenvalue weighted by Crippen LogP contribution is 2.29. The van der Waals surface area contributed by atoms with Gasteiger partial charge in [-0.2, -0.15) is 0 Å². The van der Waals surface area contributed by atoms with Gasteiger partial charge in [0.25, 0.3) is 0 Å². The molecule has 1 atom stereocenters. The van der Waals surface area contributed by atoms with Crippen LogP contribution in [0.5, 0.6) is 0 Å². The molecule has 0 aliphatic heterocycles. The largest absolute Gasteiger partial charge is 0.302 e. The van der Waals surface area contributed by atoms with Crippen LogP contribution in [-0.2, 0) is 0 Å². The van der Waals surface area contributed by atoms with E-state index in [1.807, 2.05) is 28.7 Å². The summed E-state index contributed by atoms with van der Waals surface area (Å²) in [6.45, 7) is 6.00. The zero-order valence-corrected chi connectivity index (χ0v) is 11.6. The first kappa shape index (κ1) is 12.6. The molecule has 0 aromatic carbocycles. The summed E-state index contributed by atoms with van der Waals surface area (Å²) >= 11 is 3.62. The molecule has 0 fully saturated rings. The molecule has 3 heteroatoms. The minimum atomic E-state index is 0.324. The van der Waals surface area contributed by atoms with E-state index in [9.17, 15) is 0 Å². The zero-order valence-electron chi connectivity index (χ0n) is 9.93. The van der Waals surface area contributed by atoms with Crippen molar-refractivity contribution in [2.45, 2.75) is 25.4 Å². The summed E-state index contributed by atoms with van der Waals surface area (Å²) in [4.78, 5) is 2.76. The summed E-state index contributed by atoms with van der Waals surface area (Å²) in [5, 5.41) is 7.94. The lowest BCUT2D eigenvalue weighted by Gasteiger charge is -2.20. The molecule has 2 rings (SSSR count). The molecule has 90 valence electrons. The van der Waals surface area contributed by atoms with Crippen LogP contribution in [0.4, 0.5) is 0 Å². The van der Waals surface area contributed by atoms with Crippen molar-refractivity contribution in [2.24, 2.45) is 0 Å². The van der Waals surface area contributed by atoms with Crippen LogP contribution in [0.2, 0.25) is 0 Å². The average molecular weight is 263 g/mol. The van der Waals surface area contributed by atoms with Gasteiger partial charge in [-0.15, -0.1) is 29.3 Å². The molecular weight excluding hydrogens is 246 g/mol. The molecule has 2 aromatic heterocycles. The Hall–Kier alpha value is -0.900. The van der Waals surface area contributed by atoms with E-state index in [1.165, 1.54) is 9.75 Å². The van der Waals surface area contributed by atoms with Crippen LogP contribution in [0.1, 0.15) is 29.1 Å². The molecule has 17 heavy (non-hydrogen) atoms. The lowest BCUT2D eigenvalue weighted by Crippen LogP contribution is -2.29. The topological polar surface area (TPSA) is 12.0 Å². The quantitative estimate of drug-likeness (QED) is 0.759. The highest BCUT2D eigenvalue weighted by Gasteiger charge is 2.17. The highest BCUT2D eigenvalue weighted by atomic mass is 32.1. The van der Waals surface area contributed by atoms with Crippen molar-refractivity contribution >= 4 is 22.7 Å². The molecule has 2 aromatic rings. The van der Waals surface area contributed by atoms with Crippen molar-refractivity contribution in [2.75, 3.05) is 0 Å². The van der Waals surface area contributed by atoms with Gasteiger partial charge in [-0.05, 0) is 36.2 Å². The minimum absolute atomic E-state index is 0.324. The normalized spacial score (nSPS) is 12.8. The summed E-state index contributed by atoms with van der Waals surface area (Å²) in [7, 11) is 0. The summed E-state index contributed by atoms with van der Waals surface area (Å²) < 4.78 is 0. The Bertz CT molecular complexity index is 397. The van der Waals surface area contributed by atoms with Crippen LogP contribution < -0.4 is 5.32 Å². The third-order valence-corrected chi connectivity index (χ3v) is 4.50. The first-order valence-electron chi connectivity index (χ1n) is 5.75. The Morgan fingerprint density at radius 3 is 2.24 bits per heavy atom. The predicted octanol–water partition coefficient (Wildman–Crippen LogP) is 4.45. The van der Waals surface area contributed by atoms with Gasteiger partial charge in [0.2, 0.25) is 0 Å². The minimum Gasteiger partial charge on any atom is -0.302 e. The Kier molecular flexibility index (Phi) is 4.54. The molecule has 2 heterocycles. The fraction of sp³-hybridized carbons (Fsp3) is 0.286. The summed E-state index contributed by atoms with van der Waals surface area (Å²) in [5.41, 5.74) is 0. The van der Waals surface area contributed by atoms with Gasteiger partial charge in [0, 0.05) is 15.8 Å². The van der Waals surface area contributed by atoms with E-state index < -0.39 is 0 Å². The third kappa shape index (κ3) is 3.28. The highest BCUT2D eigenvalue weighted by molar-refractivity contribution is 7.11. The van der Waals surface area contributed by atoms with Gasteiger partial charge in [0.05, 0.1) is 6.04 Å². The van der Waals surface area contributed by atoms with Gasteiger partial charge in [-0.3, -0.25) is 0 Å². The number of thiophene rings is 2. The second-order valence-corrected chi connectivity index (χ2v) is 6.01. The van der Waals surface area contributed by atoms with Crippen molar-refractivity contribution in [1.82, 2.24) is 5.32 Å². The lowest BCUT2D eigenvalue weighted by atomic mass is 10.1. The molecule has 0 amide bonds. The number of hydrogen-bond acceptors (Lipinski definition) is 3. The summed E-state index contributed by atoms with van der Waals surface area (Å²) in [5.74, 6) is 0.